The molecule has 2 heterocycles. The molecule has 0 spiro atoms. The summed E-state index contributed by atoms with van der Waals surface area (Å²) in [5, 5.41) is 0.815. The molecule has 1 aliphatic heterocycles. The molecule has 0 amide bonds. The molecular weight excluding hydrogens is 309 g/mol. The lowest BCUT2D eigenvalue weighted by Gasteiger charge is -2.35. The number of halogens is 4. The Morgan fingerprint density at radius 2 is 2.11 bits per heavy atom. The quantitative estimate of drug-likeness (QED) is 0.769. The summed E-state index contributed by atoms with van der Waals surface area (Å²) in [4.78, 5) is 6.03. The van der Waals surface area contributed by atoms with Gasteiger partial charge in [-0.25, -0.2) is 4.98 Å². The Labute approximate surface area is 112 Å². The second kappa shape index (κ2) is 5.47. The second-order valence-electron chi connectivity index (χ2n) is 4.40. The van der Waals surface area contributed by atoms with E-state index in [0.29, 0.717) is 11.9 Å². The first-order chi connectivity index (χ1) is 8.52. The fraction of sp³-hybridized carbons (Fsp3) is 0.583. The molecule has 1 unspecified atom stereocenters. The maximum atomic E-state index is 12.4. The van der Waals surface area contributed by atoms with Crippen LogP contribution in [0, 0.1) is 0 Å². The third kappa shape index (κ3) is 2.96. The molecule has 0 radical (unpaired) electrons. The zero-order chi connectivity index (χ0) is 13.2. The maximum Gasteiger partial charge on any atom is 0.417 e. The Kier molecular flexibility index (Phi) is 4.14. The number of anilines is 1. The monoisotopic (exact) mass is 322 g/mol. The molecule has 0 aliphatic carbocycles. The molecule has 2 nitrogen and oxygen atoms in total. The van der Waals surface area contributed by atoms with E-state index in [1.54, 1.807) is 0 Å². The Morgan fingerprint density at radius 1 is 1.33 bits per heavy atom. The SMILES string of the molecule is FC(F)(F)c1ccc(N2CCCCC2CBr)nc1. The van der Waals surface area contributed by atoms with Gasteiger partial charge in [-0.2, -0.15) is 13.2 Å². The van der Waals surface area contributed by atoms with Crippen molar-refractivity contribution in [1.29, 1.82) is 0 Å². The summed E-state index contributed by atoms with van der Waals surface area (Å²) in [6.45, 7) is 0.856. The van der Waals surface area contributed by atoms with E-state index in [-0.39, 0.29) is 0 Å². The molecule has 18 heavy (non-hydrogen) atoms. The van der Waals surface area contributed by atoms with Gasteiger partial charge in [-0.15, -0.1) is 0 Å². The van der Waals surface area contributed by atoms with Crippen molar-refractivity contribution in [3.8, 4) is 0 Å². The van der Waals surface area contributed by atoms with Crippen LogP contribution in [0.2, 0.25) is 0 Å². The molecule has 0 N–H and O–H groups in total. The Morgan fingerprint density at radius 3 is 2.67 bits per heavy atom. The van der Waals surface area contributed by atoms with Crippen LogP contribution in [0.4, 0.5) is 19.0 Å². The first-order valence-electron chi connectivity index (χ1n) is 5.88. The first kappa shape index (κ1) is 13.6. The van der Waals surface area contributed by atoms with Crippen LogP contribution < -0.4 is 4.90 Å². The average molecular weight is 323 g/mol. The summed E-state index contributed by atoms with van der Waals surface area (Å²) in [5.74, 6) is 0.632. The summed E-state index contributed by atoms with van der Waals surface area (Å²) >= 11 is 3.45. The van der Waals surface area contributed by atoms with Crippen LogP contribution in [0.1, 0.15) is 24.8 Å². The first-order valence-corrected chi connectivity index (χ1v) is 7.00. The van der Waals surface area contributed by atoms with E-state index in [4.69, 9.17) is 0 Å². The predicted octanol–water partition coefficient (Wildman–Crippen LogP) is 3.85. The number of rotatable bonds is 2. The molecule has 1 saturated heterocycles. The standard InChI is InChI=1S/C12H14BrF3N2/c13-7-10-3-1-2-6-18(10)11-5-4-9(8-17-11)12(14,15)16/h4-5,8,10H,1-3,6-7H2. The molecule has 100 valence electrons. The molecule has 2 rings (SSSR count). The molecule has 1 aromatic rings. The molecule has 6 heteroatoms. The lowest BCUT2D eigenvalue weighted by molar-refractivity contribution is -0.137. The minimum atomic E-state index is -4.32. The lowest BCUT2D eigenvalue weighted by Crippen LogP contribution is -2.41. The van der Waals surface area contributed by atoms with E-state index in [9.17, 15) is 13.2 Å². The highest BCUT2D eigenvalue weighted by Crippen LogP contribution is 2.30. The molecule has 0 saturated carbocycles. The Hall–Kier alpha value is -0.780. The summed E-state index contributed by atoms with van der Waals surface area (Å²) < 4.78 is 37.3. The van der Waals surface area contributed by atoms with E-state index in [0.717, 1.165) is 43.4 Å². The molecular formula is C12H14BrF3N2. The van der Waals surface area contributed by atoms with Gasteiger partial charge in [-0.05, 0) is 31.4 Å². The summed E-state index contributed by atoms with van der Waals surface area (Å²) in [6.07, 6.45) is -0.134. The minimum absolute atomic E-state index is 0.322. The van der Waals surface area contributed by atoms with E-state index < -0.39 is 11.7 Å². The number of alkyl halides is 4. The fourth-order valence-corrected chi connectivity index (χ4v) is 2.86. The molecule has 0 bridgehead atoms. The van der Waals surface area contributed by atoms with Gasteiger partial charge in [0.2, 0.25) is 0 Å². The molecule has 1 fully saturated rings. The molecule has 1 atom stereocenters. The van der Waals surface area contributed by atoms with Crippen LogP contribution in [0.25, 0.3) is 0 Å². The summed E-state index contributed by atoms with van der Waals surface area (Å²) in [5.41, 5.74) is -0.696. The van der Waals surface area contributed by atoms with Crippen molar-refractivity contribution in [1.82, 2.24) is 4.98 Å². The van der Waals surface area contributed by atoms with Crippen molar-refractivity contribution in [2.24, 2.45) is 0 Å². The van der Waals surface area contributed by atoms with Gasteiger partial charge in [-0.3, -0.25) is 0 Å². The smallest absolute Gasteiger partial charge is 0.353 e. The Bertz CT molecular complexity index is 391. The van der Waals surface area contributed by atoms with Gasteiger partial charge in [-0.1, -0.05) is 15.9 Å². The highest BCUT2D eigenvalue weighted by molar-refractivity contribution is 9.09. The third-order valence-electron chi connectivity index (χ3n) is 3.17. The van der Waals surface area contributed by atoms with Crippen molar-refractivity contribution in [2.75, 3.05) is 16.8 Å². The van der Waals surface area contributed by atoms with Gasteiger partial charge >= 0.3 is 6.18 Å². The summed E-state index contributed by atoms with van der Waals surface area (Å²) in [7, 11) is 0. The molecule has 1 aliphatic rings. The number of piperidine rings is 1. The van der Waals surface area contributed by atoms with Crippen LogP contribution in [0.15, 0.2) is 18.3 Å². The van der Waals surface area contributed by atoms with Crippen molar-refractivity contribution in [3.63, 3.8) is 0 Å². The third-order valence-corrected chi connectivity index (χ3v) is 3.92. The molecule has 1 aromatic heterocycles. The van der Waals surface area contributed by atoms with Gasteiger partial charge in [0, 0.05) is 24.1 Å². The zero-order valence-corrected chi connectivity index (χ0v) is 11.3. The maximum absolute atomic E-state index is 12.4. The van der Waals surface area contributed by atoms with Crippen molar-refractivity contribution >= 4 is 21.7 Å². The van der Waals surface area contributed by atoms with E-state index in [1.807, 2.05) is 0 Å². The van der Waals surface area contributed by atoms with Crippen LogP contribution in [0.5, 0.6) is 0 Å². The summed E-state index contributed by atoms with van der Waals surface area (Å²) in [6, 6.07) is 2.88. The van der Waals surface area contributed by atoms with Gasteiger partial charge < -0.3 is 4.90 Å². The minimum Gasteiger partial charge on any atom is -0.353 e. The van der Waals surface area contributed by atoms with Crippen molar-refractivity contribution in [2.45, 2.75) is 31.5 Å². The number of nitrogens with zero attached hydrogens (tertiary/aromatic N) is 2. The van der Waals surface area contributed by atoms with Crippen LogP contribution in [0.3, 0.4) is 0 Å². The van der Waals surface area contributed by atoms with Gasteiger partial charge in [0.1, 0.15) is 5.82 Å². The Balaban J connectivity index is 2.18. The molecule has 0 aromatic carbocycles. The normalized spacial score (nSPS) is 21.1. The fourth-order valence-electron chi connectivity index (χ4n) is 2.19. The van der Waals surface area contributed by atoms with Gasteiger partial charge in [0.25, 0.3) is 0 Å². The predicted molar refractivity (Wildman–Crippen MR) is 68.0 cm³/mol. The van der Waals surface area contributed by atoms with E-state index in [1.165, 1.54) is 6.07 Å². The zero-order valence-electron chi connectivity index (χ0n) is 9.75. The number of hydrogen-bond acceptors (Lipinski definition) is 2. The highest BCUT2D eigenvalue weighted by atomic mass is 79.9. The number of pyridine rings is 1. The number of hydrogen-bond donors (Lipinski definition) is 0. The van der Waals surface area contributed by atoms with E-state index >= 15 is 0 Å². The van der Waals surface area contributed by atoms with Crippen LogP contribution >= 0.6 is 15.9 Å². The van der Waals surface area contributed by atoms with E-state index in [2.05, 4.69) is 25.8 Å². The van der Waals surface area contributed by atoms with Crippen LogP contribution in [-0.4, -0.2) is 22.9 Å². The lowest BCUT2D eigenvalue weighted by atomic mass is 10.0. The highest BCUT2D eigenvalue weighted by Gasteiger charge is 2.31. The topological polar surface area (TPSA) is 16.1 Å². The van der Waals surface area contributed by atoms with Crippen molar-refractivity contribution in [3.05, 3.63) is 23.9 Å². The van der Waals surface area contributed by atoms with Crippen LogP contribution in [-0.2, 0) is 6.18 Å². The number of aromatic nitrogens is 1. The average Bonchev–Trinajstić information content (AvgIpc) is 2.38. The largest absolute Gasteiger partial charge is 0.417 e. The van der Waals surface area contributed by atoms with Gasteiger partial charge in [0.05, 0.1) is 5.56 Å². The second-order valence-corrected chi connectivity index (χ2v) is 5.05. The van der Waals surface area contributed by atoms with Crippen molar-refractivity contribution < 1.29 is 13.2 Å². The van der Waals surface area contributed by atoms with Gasteiger partial charge in [0.15, 0.2) is 0 Å².